The van der Waals surface area contributed by atoms with Crippen molar-refractivity contribution in [2.45, 2.75) is 13.3 Å². The minimum Gasteiger partial charge on any atom is -0.373 e. The van der Waals surface area contributed by atoms with Crippen LogP contribution in [0.1, 0.15) is 18.2 Å². The monoisotopic (exact) mass is 510 g/mol. The molecule has 1 saturated heterocycles. The highest BCUT2D eigenvalue weighted by atomic mass is 32.1. The van der Waals surface area contributed by atoms with Gasteiger partial charge in [0.2, 0.25) is 5.84 Å². The summed E-state index contributed by atoms with van der Waals surface area (Å²) in [6.07, 6.45) is 1.81. The van der Waals surface area contributed by atoms with E-state index in [0.29, 0.717) is 39.2 Å². The Morgan fingerprint density at radius 3 is 2.56 bits per heavy atom. The highest BCUT2D eigenvalue weighted by molar-refractivity contribution is 7.16. The van der Waals surface area contributed by atoms with E-state index in [9.17, 15) is 19.2 Å². The molecule has 188 valence electrons. The van der Waals surface area contributed by atoms with Crippen molar-refractivity contribution < 1.29 is 14.0 Å². The number of carbonyl (C=O) groups is 2. The predicted molar refractivity (Wildman–Crippen MR) is 137 cm³/mol. The fourth-order valence-corrected chi connectivity index (χ4v) is 4.39. The Bertz CT molecular complexity index is 1250. The van der Waals surface area contributed by atoms with Crippen LogP contribution in [0.15, 0.2) is 53.6 Å². The smallest absolute Gasteiger partial charge is 0.292 e. The molecular formula is C24H27FN8O2S. The number of aliphatic imine (C=N–C) groups is 1. The van der Waals surface area contributed by atoms with E-state index in [0.717, 1.165) is 0 Å². The van der Waals surface area contributed by atoms with Crippen molar-refractivity contribution in [1.82, 2.24) is 25.6 Å². The van der Waals surface area contributed by atoms with Gasteiger partial charge in [-0.15, -0.1) is 0 Å². The largest absolute Gasteiger partial charge is 0.373 e. The summed E-state index contributed by atoms with van der Waals surface area (Å²) < 4.78 is 13.4. The number of ketones is 1. The first-order valence-electron chi connectivity index (χ1n) is 11.1. The highest BCUT2D eigenvalue weighted by Gasteiger charge is 2.33. The topological polar surface area (TPSA) is 117 Å². The van der Waals surface area contributed by atoms with Gasteiger partial charge < -0.3 is 15.1 Å². The van der Waals surface area contributed by atoms with Gasteiger partial charge in [-0.3, -0.25) is 20.0 Å². The molecule has 2 heterocycles. The number of allylic oxidation sites excluding steroid dienone is 1. The third-order valence-electron chi connectivity index (χ3n) is 5.38. The molecule has 1 amide bonds. The van der Waals surface area contributed by atoms with Gasteiger partial charge in [0.25, 0.3) is 5.91 Å². The van der Waals surface area contributed by atoms with Crippen LogP contribution in [0.4, 0.5) is 9.52 Å². The SMILES string of the molecule is C=C/N=C(/C(=O)N1CC(=O)C1)N(C)N/C(CC)=C(\NC)N(C)c1nc(-c2ccc(F)cc2)c(C#N)s1. The van der Waals surface area contributed by atoms with Gasteiger partial charge in [0.15, 0.2) is 10.9 Å². The number of likely N-dealkylation sites (N-methyl/N-ethyl adjacent to an activating group) is 1. The molecule has 1 aromatic heterocycles. The summed E-state index contributed by atoms with van der Waals surface area (Å²) in [4.78, 5) is 36.5. The molecule has 1 fully saturated rings. The van der Waals surface area contributed by atoms with Crippen LogP contribution in [-0.2, 0) is 9.59 Å². The van der Waals surface area contributed by atoms with E-state index in [4.69, 9.17) is 0 Å². The van der Waals surface area contributed by atoms with Crippen LogP contribution in [0.3, 0.4) is 0 Å². The number of carbonyl (C=O) groups excluding carboxylic acids is 2. The summed E-state index contributed by atoms with van der Waals surface area (Å²) in [5.41, 5.74) is 5.01. The Hall–Kier alpha value is -4.24. The van der Waals surface area contributed by atoms with Gasteiger partial charge in [0.1, 0.15) is 28.3 Å². The number of likely N-dealkylation sites (tertiary alicyclic amines) is 1. The lowest BCUT2D eigenvalue weighted by Crippen LogP contribution is -2.57. The van der Waals surface area contributed by atoms with E-state index < -0.39 is 0 Å². The van der Waals surface area contributed by atoms with Crippen LogP contribution in [0, 0.1) is 17.1 Å². The van der Waals surface area contributed by atoms with Gasteiger partial charge >= 0.3 is 0 Å². The molecule has 1 aliphatic heterocycles. The molecule has 2 N–H and O–H groups in total. The zero-order chi connectivity index (χ0) is 26.4. The number of aromatic nitrogens is 1. The molecule has 0 atom stereocenters. The van der Waals surface area contributed by atoms with Crippen LogP contribution < -0.4 is 15.6 Å². The number of anilines is 1. The third kappa shape index (κ3) is 5.52. The highest BCUT2D eigenvalue weighted by Crippen LogP contribution is 2.33. The zero-order valence-corrected chi connectivity index (χ0v) is 21.3. The number of hydrazine groups is 1. The number of halogens is 1. The number of nitriles is 1. The number of hydrogen-bond donors (Lipinski definition) is 2. The average Bonchev–Trinajstić information content (AvgIpc) is 3.29. The maximum Gasteiger partial charge on any atom is 0.292 e. The van der Waals surface area contributed by atoms with Crippen molar-refractivity contribution in [1.29, 1.82) is 5.26 Å². The molecule has 0 unspecified atom stereocenters. The molecule has 10 nitrogen and oxygen atoms in total. The summed E-state index contributed by atoms with van der Waals surface area (Å²) in [7, 11) is 5.19. The van der Waals surface area contributed by atoms with Crippen molar-refractivity contribution in [3.8, 4) is 17.3 Å². The quantitative estimate of drug-likeness (QED) is 0.316. The van der Waals surface area contributed by atoms with E-state index in [-0.39, 0.29) is 36.4 Å². The molecule has 2 aromatic rings. The number of nitrogens with zero attached hydrogens (tertiary/aromatic N) is 6. The number of benzene rings is 1. The molecule has 1 aromatic carbocycles. The van der Waals surface area contributed by atoms with Crippen LogP contribution in [-0.4, -0.2) is 66.7 Å². The fraction of sp³-hybridized carbons (Fsp3) is 0.292. The van der Waals surface area contributed by atoms with Crippen LogP contribution in [0.25, 0.3) is 11.3 Å². The minimum atomic E-state index is -0.387. The van der Waals surface area contributed by atoms with Crippen molar-refractivity contribution in [3.63, 3.8) is 0 Å². The number of Topliss-reactive ketones (excluding diaryl/α,β-unsaturated/α-hetero) is 1. The lowest BCUT2D eigenvalue weighted by molar-refractivity contribution is -0.141. The molecule has 0 aliphatic carbocycles. The Labute approximate surface area is 213 Å². The first-order chi connectivity index (χ1) is 17.2. The third-order valence-corrected chi connectivity index (χ3v) is 6.42. The van der Waals surface area contributed by atoms with Gasteiger partial charge in [-0.2, -0.15) is 5.26 Å². The summed E-state index contributed by atoms with van der Waals surface area (Å²) >= 11 is 1.21. The second-order valence-corrected chi connectivity index (χ2v) is 8.77. The lowest BCUT2D eigenvalue weighted by atomic mass is 10.1. The van der Waals surface area contributed by atoms with E-state index in [1.165, 1.54) is 39.6 Å². The molecule has 0 saturated carbocycles. The fourth-order valence-electron chi connectivity index (χ4n) is 3.54. The number of amidine groups is 1. The Morgan fingerprint density at radius 1 is 1.36 bits per heavy atom. The van der Waals surface area contributed by atoms with E-state index >= 15 is 0 Å². The zero-order valence-electron chi connectivity index (χ0n) is 20.5. The van der Waals surface area contributed by atoms with Crippen molar-refractivity contribution >= 4 is 34.0 Å². The maximum absolute atomic E-state index is 13.4. The maximum atomic E-state index is 13.4. The molecule has 12 heteroatoms. The molecule has 1 aliphatic rings. The first-order valence-corrected chi connectivity index (χ1v) is 11.9. The molecule has 0 spiro atoms. The van der Waals surface area contributed by atoms with E-state index in [2.05, 4.69) is 33.4 Å². The summed E-state index contributed by atoms with van der Waals surface area (Å²) in [6.45, 7) is 5.64. The minimum absolute atomic E-state index is 0.00894. The van der Waals surface area contributed by atoms with E-state index in [1.807, 2.05) is 6.92 Å². The molecule has 36 heavy (non-hydrogen) atoms. The standard InChI is InChI=1S/C24H27FN8O2S/c1-6-18(30-32(5)22(28-7-2)23(35)33-13-17(34)14-33)21(27-3)31(4)24-29-20(19(12-26)36-24)15-8-10-16(25)11-9-15/h7-11,27,30H,2,6,13-14H2,1,3-5H3/b21-18+,28-22-. The van der Waals surface area contributed by atoms with Crippen molar-refractivity contribution in [2.24, 2.45) is 4.99 Å². The second kappa shape index (κ2) is 11.5. The number of hydrogen-bond acceptors (Lipinski definition) is 9. The average molecular weight is 511 g/mol. The van der Waals surface area contributed by atoms with E-state index in [1.54, 1.807) is 38.2 Å². The summed E-state index contributed by atoms with van der Waals surface area (Å²) in [5.74, 6) is -0.0299. The molecular weight excluding hydrogens is 483 g/mol. The van der Waals surface area contributed by atoms with Gasteiger partial charge in [-0.1, -0.05) is 24.8 Å². The van der Waals surface area contributed by atoms with Crippen LogP contribution in [0.5, 0.6) is 0 Å². The van der Waals surface area contributed by atoms with Gasteiger partial charge in [-0.05, 0) is 30.7 Å². The Balaban J connectivity index is 1.90. The van der Waals surface area contributed by atoms with Gasteiger partial charge in [0.05, 0.1) is 18.8 Å². The number of nitrogens with one attached hydrogen (secondary N) is 2. The summed E-state index contributed by atoms with van der Waals surface area (Å²) in [5, 5.41) is 14.8. The normalized spacial score (nSPS) is 13.8. The second-order valence-electron chi connectivity index (χ2n) is 7.79. The Kier molecular flexibility index (Phi) is 8.39. The van der Waals surface area contributed by atoms with Crippen LogP contribution >= 0.6 is 11.3 Å². The lowest BCUT2D eigenvalue weighted by Gasteiger charge is -2.33. The number of rotatable bonds is 8. The van der Waals surface area contributed by atoms with Crippen molar-refractivity contribution in [2.75, 3.05) is 39.1 Å². The van der Waals surface area contributed by atoms with Crippen LogP contribution in [0.2, 0.25) is 0 Å². The number of thiazole rings is 1. The van der Waals surface area contributed by atoms with Gasteiger partial charge in [0, 0.05) is 32.9 Å². The molecule has 3 rings (SSSR count). The first kappa shape index (κ1) is 26.4. The van der Waals surface area contributed by atoms with Gasteiger partial charge in [-0.25, -0.2) is 14.4 Å². The predicted octanol–water partition coefficient (Wildman–Crippen LogP) is 2.45. The Morgan fingerprint density at radius 2 is 2.03 bits per heavy atom. The number of amides is 1. The van der Waals surface area contributed by atoms with Crippen molar-refractivity contribution in [3.05, 3.63) is 59.3 Å². The summed E-state index contributed by atoms with van der Waals surface area (Å²) in [6, 6.07) is 7.99. The molecule has 0 radical (unpaired) electrons. The molecule has 0 bridgehead atoms.